The highest BCUT2D eigenvalue weighted by Gasteiger charge is 2.36. The van der Waals surface area contributed by atoms with Gasteiger partial charge in [-0.15, -0.1) is 0 Å². The number of carbonyl (C=O) groups excluding carboxylic acids is 1. The van der Waals surface area contributed by atoms with Gasteiger partial charge in [0.2, 0.25) is 5.95 Å². The zero-order valence-corrected chi connectivity index (χ0v) is 16.3. The maximum absolute atomic E-state index is 12.6. The number of hydrogen-bond acceptors (Lipinski definition) is 8. The van der Waals surface area contributed by atoms with Crippen LogP contribution in [0.25, 0.3) is 10.3 Å². The fraction of sp³-hybridized carbons (Fsp3) is 0.368. The standard InChI is InChI=1S/C19H20N4O4S/c1-10-8-13(9-26-17(24)12-6-4-3-5-7-12)27-16(10)23-15-14(28-19(23)25)11(2)21-18(20)22-15/h3-7,10,13,16H,8-9H2,1-2H3,(H2,20,21,22)/t10-,13+,16-/m1/s1. The van der Waals surface area contributed by atoms with Crippen molar-refractivity contribution in [3.8, 4) is 0 Å². The first-order valence-electron chi connectivity index (χ1n) is 8.97. The van der Waals surface area contributed by atoms with Crippen LogP contribution in [0, 0.1) is 12.8 Å². The minimum Gasteiger partial charge on any atom is -0.459 e. The Morgan fingerprint density at radius 1 is 1.36 bits per heavy atom. The van der Waals surface area contributed by atoms with Gasteiger partial charge in [0.25, 0.3) is 0 Å². The second kappa shape index (κ2) is 7.33. The monoisotopic (exact) mass is 400 g/mol. The Kier molecular flexibility index (Phi) is 4.86. The van der Waals surface area contributed by atoms with Gasteiger partial charge in [-0.05, 0) is 25.5 Å². The van der Waals surface area contributed by atoms with E-state index >= 15 is 0 Å². The molecule has 3 aromatic rings. The molecular weight excluding hydrogens is 380 g/mol. The van der Waals surface area contributed by atoms with Crippen LogP contribution in [0.1, 0.15) is 35.6 Å². The quantitative estimate of drug-likeness (QED) is 0.670. The average molecular weight is 400 g/mol. The number of benzene rings is 1. The molecule has 0 radical (unpaired) electrons. The van der Waals surface area contributed by atoms with Crippen molar-refractivity contribution in [2.45, 2.75) is 32.6 Å². The summed E-state index contributed by atoms with van der Waals surface area (Å²) in [6.07, 6.45) is -0.124. The smallest absolute Gasteiger partial charge is 0.338 e. The first-order chi connectivity index (χ1) is 13.4. The Morgan fingerprint density at radius 3 is 2.86 bits per heavy atom. The largest absolute Gasteiger partial charge is 0.459 e. The van der Waals surface area contributed by atoms with Crippen molar-refractivity contribution in [2.75, 3.05) is 12.3 Å². The first kappa shape index (κ1) is 18.6. The number of hydrogen-bond donors (Lipinski definition) is 1. The lowest BCUT2D eigenvalue weighted by Gasteiger charge is -2.17. The van der Waals surface area contributed by atoms with E-state index in [0.717, 1.165) is 11.3 Å². The molecule has 0 saturated carbocycles. The molecule has 1 fully saturated rings. The number of carbonyl (C=O) groups is 1. The van der Waals surface area contributed by atoms with Crippen LogP contribution >= 0.6 is 11.3 Å². The lowest BCUT2D eigenvalue weighted by molar-refractivity contribution is -0.0382. The maximum Gasteiger partial charge on any atom is 0.338 e. The van der Waals surface area contributed by atoms with Crippen molar-refractivity contribution in [1.29, 1.82) is 0 Å². The van der Waals surface area contributed by atoms with Gasteiger partial charge in [0.1, 0.15) is 12.8 Å². The summed E-state index contributed by atoms with van der Waals surface area (Å²) in [5.74, 6) is -0.224. The number of anilines is 1. The minimum atomic E-state index is -0.490. The van der Waals surface area contributed by atoms with E-state index < -0.39 is 12.2 Å². The van der Waals surface area contributed by atoms with E-state index in [0.29, 0.717) is 28.0 Å². The van der Waals surface area contributed by atoms with E-state index in [1.165, 1.54) is 4.57 Å². The number of fused-ring (bicyclic) bond motifs is 1. The van der Waals surface area contributed by atoms with Gasteiger partial charge >= 0.3 is 10.8 Å². The van der Waals surface area contributed by atoms with E-state index in [2.05, 4.69) is 9.97 Å². The molecule has 28 heavy (non-hydrogen) atoms. The molecule has 0 amide bonds. The SMILES string of the molecule is Cc1nc(N)nc2c1sc(=O)n2[C@@H]1O[C@H](COC(=O)c2ccccc2)C[C@H]1C. The number of ether oxygens (including phenoxy) is 2. The molecule has 1 aromatic carbocycles. The van der Waals surface area contributed by atoms with Crippen LogP contribution < -0.4 is 10.6 Å². The van der Waals surface area contributed by atoms with E-state index in [4.69, 9.17) is 15.2 Å². The normalized spacial score (nSPS) is 21.9. The van der Waals surface area contributed by atoms with Crippen molar-refractivity contribution in [3.63, 3.8) is 0 Å². The van der Waals surface area contributed by atoms with Gasteiger partial charge in [0.15, 0.2) is 5.65 Å². The number of aromatic nitrogens is 3. The molecule has 1 saturated heterocycles. The Balaban J connectivity index is 1.52. The second-order valence-corrected chi connectivity index (χ2v) is 7.85. The fourth-order valence-corrected chi connectivity index (χ4v) is 4.36. The summed E-state index contributed by atoms with van der Waals surface area (Å²) >= 11 is 1.08. The molecular formula is C19H20N4O4S. The summed E-state index contributed by atoms with van der Waals surface area (Å²) in [5, 5.41) is 0. The van der Waals surface area contributed by atoms with E-state index in [1.807, 2.05) is 13.0 Å². The highest BCUT2D eigenvalue weighted by molar-refractivity contribution is 7.16. The summed E-state index contributed by atoms with van der Waals surface area (Å²) in [5.41, 5.74) is 7.42. The predicted octanol–water partition coefficient (Wildman–Crippen LogP) is 2.52. The third-order valence-electron chi connectivity index (χ3n) is 4.77. The zero-order valence-electron chi connectivity index (χ0n) is 15.5. The summed E-state index contributed by atoms with van der Waals surface area (Å²) in [6, 6.07) is 8.80. The van der Waals surface area contributed by atoms with Crippen LogP contribution in [-0.4, -0.2) is 33.2 Å². The summed E-state index contributed by atoms with van der Waals surface area (Å²) in [6.45, 7) is 3.92. The molecule has 2 aromatic heterocycles. The molecule has 3 atom stereocenters. The van der Waals surface area contributed by atoms with Gasteiger partial charge in [0, 0.05) is 5.92 Å². The minimum absolute atomic E-state index is 0.0485. The van der Waals surface area contributed by atoms with E-state index in [-0.39, 0.29) is 29.5 Å². The highest BCUT2D eigenvalue weighted by Crippen LogP contribution is 2.36. The predicted molar refractivity (Wildman–Crippen MR) is 105 cm³/mol. The molecule has 2 N–H and O–H groups in total. The fourth-order valence-electron chi connectivity index (χ4n) is 3.47. The molecule has 0 unspecified atom stereocenters. The van der Waals surface area contributed by atoms with Crippen molar-refractivity contribution in [3.05, 3.63) is 51.3 Å². The first-order valence-corrected chi connectivity index (χ1v) is 9.78. The lowest BCUT2D eigenvalue weighted by Crippen LogP contribution is -2.24. The average Bonchev–Trinajstić information content (AvgIpc) is 3.19. The van der Waals surface area contributed by atoms with Crippen LogP contribution in [0.2, 0.25) is 0 Å². The molecule has 8 nitrogen and oxygen atoms in total. The number of rotatable bonds is 4. The van der Waals surface area contributed by atoms with Crippen LogP contribution in [0.5, 0.6) is 0 Å². The Hall–Kier alpha value is -2.78. The van der Waals surface area contributed by atoms with Crippen molar-refractivity contribution >= 4 is 33.6 Å². The molecule has 4 rings (SSSR count). The molecule has 3 heterocycles. The molecule has 0 bridgehead atoms. The van der Waals surface area contributed by atoms with Gasteiger partial charge in [-0.3, -0.25) is 9.36 Å². The third-order valence-corrected chi connectivity index (χ3v) is 5.82. The van der Waals surface area contributed by atoms with Gasteiger partial charge in [-0.25, -0.2) is 9.78 Å². The molecule has 0 aliphatic carbocycles. The Bertz CT molecular complexity index is 1080. The Labute approximate surface area is 164 Å². The number of aryl methyl sites for hydroxylation is 1. The highest BCUT2D eigenvalue weighted by atomic mass is 32.1. The van der Waals surface area contributed by atoms with Gasteiger partial charge in [-0.2, -0.15) is 4.98 Å². The number of esters is 1. The zero-order chi connectivity index (χ0) is 19.8. The van der Waals surface area contributed by atoms with Crippen molar-refractivity contribution in [1.82, 2.24) is 14.5 Å². The molecule has 9 heteroatoms. The maximum atomic E-state index is 12.6. The van der Waals surface area contributed by atoms with E-state index in [9.17, 15) is 9.59 Å². The molecule has 1 aliphatic heterocycles. The number of thiazole rings is 1. The van der Waals surface area contributed by atoms with Crippen LogP contribution in [-0.2, 0) is 9.47 Å². The topological polar surface area (TPSA) is 109 Å². The van der Waals surface area contributed by atoms with Crippen LogP contribution in [0.4, 0.5) is 5.95 Å². The summed E-state index contributed by atoms with van der Waals surface area (Å²) < 4.78 is 13.7. The van der Waals surface area contributed by atoms with Gasteiger partial charge in [-0.1, -0.05) is 36.5 Å². The summed E-state index contributed by atoms with van der Waals surface area (Å²) in [4.78, 5) is 32.9. The molecule has 146 valence electrons. The van der Waals surface area contributed by atoms with Crippen molar-refractivity contribution < 1.29 is 14.3 Å². The number of nitrogen functional groups attached to an aromatic ring is 1. The lowest BCUT2D eigenvalue weighted by atomic mass is 10.1. The summed E-state index contributed by atoms with van der Waals surface area (Å²) in [7, 11) is 0. The van der Waals surface area contributed by atoms with Gasteiger partial charge in [0.05, 0.1) is 22.1 Å². The van der Waals surface area contributed by atoms with Crippen LogP contribution in [0.15, 0.2) is 35.1 Å². The van der Waals surface area contributed by atoms with Crippen molar-refractivity contribution in [2.24, 2.45) is 5.92 Å². The number of nitrogens with two attached hydrogens (primary N) is 1. The molecule has 0 spiro atoms. The van der Waals surface area contributed by atoms with Crippen LogP contribution in [0.3, 0.4) is 0 Å². The Morgan fingerprint density at radius 2 is 2.11 bits per heavy atom. The third kappa shape index (κ3) is 3.38. The number of nitrogens with zero attached hydrogens (tertiary/aromatic N) is 3. The second-order valence-electron chi connectivity index (χ2n) is 6.88. The molecule has 1 aliphatic rings. The van der Waals surface area contributed by atoms with Gasteiger partial charge < -0.3 is 15.2 Å². The van der Waals surface area contributed by atoms with E-state index in [1.54, 1.807) is 31.2 Å².